The molecule has 1 unspecified atom stereocenters. The number of ether oxygens (including phenoxy) is 1. The second-order valence-electron chi connectivity index (χ2n) is 3.56. The average Bonchev–Trinajstić information content (AvgIpc) is 2.36. The van der Waals surface area contributed by atoms with Crippen LogP contribution in [0.25, 0.3) is 0 Å². The van der Waals surface area contributed by atoms with Gasteiger partial charge in [0.2, 0.25) is 0 Å². The summed E-state index contributed by atoms with van der Waals surface area (Å²) in [6.07, 6.45) is 0.972. The Balaban J connectivity index is 2.74. The van der Waals surface area contributed by atoms with Crippen LogP contribution in [0.15, 0.2) is 22.7 Å². The van der Waals surface area contributed by atoms with Crippen molar-refractivity contribution in [2.24, 2.45) is 0 Å². The van der Waals surface area contributed by atoms with Gasteiger partial charge in [0.15, 0.2) is 0 Å². The summed E-state index contributed by atoms with van der Waals surface area (Å²) in [5, 5.41) is 2.87. The Kier molecular flexibility index (Phi) is 5.98. The number of amides is 1. The Labute approximate surface area is 118 Å². The zero-order valence-corrected chi connectivity index (χ0v) is 13.0. The summed E-state index contributed by atoms with van der Waals surface area (Å²) >= 11 is 6.83. The lowest BCUT2D eigenvalue weighted by molar-refractivity contribution is 0.0952. The SMILES string of the molecule is CCC(Br)CNC(=O)c1cc(OC)ccc1Br. The lowest BCUT2D eigenvalue weighted by atomic mass is 10.2. The lowest BCUT2D eigenvalue weighted by Gasteiger charge is -2.10. The fraction of sp³-hybridized carbons (Fsp3) is 0.417. The highest BCUT2D eigenvalue weighted by atomic mass is 79.9. The van der Waals surface area contributed by atoms with Gasteiger partial charge in [0, 0.05) is 15.8 Å². The van der Waals surface area contributed by atoms with Crippen molar-refractivity contribution in [2.45, 2.75) is 18.2 Å². The highest BCUT2D eigenvalue weighted by molar-refractivity contribution is 9.10. The normalized spacial score (nSPS) is 12.0. The number of benzene rings is 1. The van der Waals surface area contributed by atoms with Crippen LogP contribution < -0.4 is 10.1 Å². The lowest BCUT2D eigenvalue weighted by Crippen LogP contribution is -2.29. The first kappa shape index (κ1) is 14.5. The summed E-state index contributed by atoms with van der Waals surface area (Å²) in [6.45, 7) is 2.67. The molecule has 0 aromatic heterocycles. The number of hydrogen-bond donors (Lipinski definition) is 1. The van der Waals surface area contributed by atoms with Gasteiger partial charge in [-0.25, -0.2) is 0 Å². The van der Waals surface area contributed by atoms with Gasteiger partial charge in [-0.2, -0.15) is 0 Å². The van der Waals surface area contributed by atoms with Gasteiger partial charge in [-0.05, 0) is 40.5 Å². The molecule has 0 spiro atoms. The molecule has 1 N–H and O–H groups in total. The summed E-state index contributed by atoms with van der Waals surface area (Å²) in [4.78, 5) is 12.2. The van der Waals surface area contributed by atoms with Gasteiger partial charge >= 0.3 is 0 Å². The van der Waals surface area contributed by atoms with Crippen LogP contribution in [0, 0.1) is 0 Å². The Bertz CT molecular complexity index is 396. The molecular formula is C12H15Br2NO2. The van der Waals surface area contributed by atoms with Crippen molar-refractivity contribution in [1.82, 2.24) is 5.32 Å². The minimum Gasteiger partial charge on any atom is -0.497 e. The van der Waals surface area contributed by atoms with E-state index < -0.39 is 0 Å². The fourth-order valence-electron chi connectivity index (χ4n) is 1.25. The second-order valence-corrected chi connectivity index (χ2v) is 5.71. The predicted molar refractivity (Wildman–Crippen MR) is 76.0 cm³/mol. The van der Waals surface area contributed by atoms with Gasteiger partial charge in [0.1, 0.15) is 5.75 Å². The van der Waals surface area contributed by atoms with Crippen molar-refractivity contribution < 1.29 is 9.53 Å². The molecule has 0 fully saturated rings. The molecule has 1 aromatic carbocycles. The van der Waals surface area contributed by atoms with Gasteiger partial charge in [-0.1, -0.05) is 22.9 Å². The molecule has 0 heterocycles. The molecule has 1 amide bonds. The van der Waals surface area contributed by atoms with Gasteiger partial charge in [-0.15, -0.1) is 0 Å². The highest BCUT2D eigenvalue weighted by Gasteiger charge is 2.12. The molecule has 1 atom stereocenters. The Morgan fingerprint density at radius 3 is 2.82 bits per heavy atom. The van der Waals surface area contributed by atoms with E-state index in [0.29, 0.717) is 22.7 Å². The summed E-state index contributed by atoms with van der Waals surface area (Å²) in [7, 11) is 1.58. The number of carbonyl (C=O) groups is 1. The van der Waals surface area contributed by atoms with Crippen molar-refractivity contribution >= 4 is 37.8 Å². The average molecular weight is 365 g/mol. The van der Waals surface area contributed by atoms with Crippen LogP contribution in [0.1, 0.15) is 23.7 Å². The maximum Gasteiger partial charge on any atom is 0.252 e. The smallest absolute Gasteiger partial charge is 0.252 e. The molecule has 94 valence electrons. The molecular weight excluding hydrogens is 350 g/mol. The van der Waals surface area contributed by atoms with Crippen molar-refractivity contribution in [3.8, 4) is 5.75 Å². The first-order valence-corrected chi connectivity index (χ1v) is 7.05. The van der Waals surface area contributed by atoms with E-state index in [1.807, 2.05) is 0 Å². The molecule has 0 bridgehead atoms. The van der Waals surface area contributed by atoms with E-state index >= 15 is 0 Å². The van der Waals surface area contributed by atoms with Gasteiger partial charge < -0.3 is 10.1 Å². The Morgan fingerprint density at radius 1 is 1.53 bits per heavy atom. The molecule has 0 saturated heterocycles. The van der Waals surface area contributed by atoms with Crippen LogP contribution in [0.3, 0.4) is 0 Å². The molecule has 0 saturated carbocycles. The summed E-state index contributed by atoms with van der Waals surface area (Å²) < 4.78 is 5.86. The molecule has 1 aromatic rings. The predicted octanol–water partition coefficient (Wildman–Crippen LogP) is 3.36. The standard InChI is InChI=1S/C12H15Br2NO2/c1-3-8(13)7-15-12(16)10-6-9(17-2)4-5-11(10)14/h4-6,8H,3,7H2,1-2H3,(H,15,16). The maximum atomic E-state index is 11.9. The number of carbonyl (C=O) groups excluding carboxylic acids is 1. The van der Waals surface area contributed by atoms with E-state index in [4.69, 9.17) is 4.74 Å². The van der Waals surface area contributed by atoms with E-state index in [-0.39, 0.29) is 5.91 Å². The highest BCUT2D eigenvalue weighted by Crippen LogP contribution is 2.22. The molecule has 0 aliphatic heterocycles. The minimum atomic E-state index is -0.103. The van der Waals surface area contributed by atoms with E-state index in [1.165, 1.54) is 0 Å². The van der Waals surface area contributed by atoms with Crippen molar-refractivity contribution in [3.63, 3.8) is 0 Å². The van der Waals surface area contributed by atoms with Crippen molar-refractivity contribution in [1.29, 1.82) is 0 Å². The van der Waals surface area contributed by atoms with E-state index in [2.05, 4.69) is 44.1 Å². The van der Waals surface area contributed by atoms with Gasteiger partial charge in [0.05, 0.1) is 12.7 Å². The number of alkyl halides is 1. The van der Waals surface area contributed by atoms with Crippen molar-refractivity contribution in [3.05, 3.63) is 28.2 Å². The molecule has 0 aliphatic rings. The molecule has 17 heavy (non-hydrogen) atoms. The molecule has 1 rings (SSSR count). The summed E-state index contributed by atoms with van der Waals surface area (Å²) in [5.74, 6) is 0.568. The largest absolute Gasteiger partial charge is 0.497 e. The third-order valence-electron chi connectivity index (χ3n) is 2.35. The Morgan fingerprint density at radius 2 is 2.24 bits per heavy atom. The van der Waals surface area contributed by atoms with E-state index in [9.17, 15) is 4.79 Å². The Hall–Kier alpha value is -0.550. The van der Waals surface area contributed by atoms with Crippen LogP contribution in [0.5, 0.6) is 5.75 Å². The van der Waals surface area contributed by atoms with E-state index in [1.54, 1.807) is 25.3 Å². The zero-order valence-electron chi connectivity index (χ0n) is 9.80. The van der Waals surface area contributed by atoms with Crippen LogP contribution in [0.4, 0.5) is 0 Å². The maximum absolute atomic E-state index is 11.9. The molecule has 0 aliphatic carbocycles. The number of rotatable bonds is 5. The van der Waals surface area contributed by atoms with Crippen LogP contribution in [-0.2, 0) is 0 Å². The fourth-order valence-corrected chi connectivity index (χ4v) is 1.84. The second kappa shape index (κ2) is 7.01. The zero-order chi connectivity index (χ0) is 12.8. The summed E-state index contributed by atoms with van der Waals surface area (Å²) in [6, 6.07) is 5.33. The van der Waals surface area contributed by atoms with E-state index in [0.717, 1.165) is 10.9 Å². The quantitative estimate of drug-likeness (QED) is 0.813. The van der Waals surface area contributed by atoms with Gasteiger partial charge in [-0.3, -0.25) is 4.79 Å². The first-order chi connectivity index (χ1) is 8.08. The molecule has 5 heteroatoms. The third-order valence-corrected chi connectivity index (χ3v) is 4.01. The van der Waals surface area contributed by atoms with Crippen LogP contribution in [0.2, 0.25) is 0 Å². The van der Waals surface area contributed by atoms with Gasteiger partial charge in [0.25, 0.3) is 5.91 Å². The number of nitrogens with one attached hydrogen (secondary N) is 1. The topological polar surface area (TPSA) is 38.3 Å². The van der Waals surface area contributed by atoms with Crippen molar-refractivity contribution in [2.75, 3.05) is 13.7 Å². The number of halogens is 2. The molecule has 3 nitrogen and oxygen atoms in total. The van der Waals surface area contributed by atoms with Crippen LogP contribution in [-0.4, -0.2) is 24.4 Å². The minimum absolute atomic E-state index is 0.103. The monoisotopic (exact) mass is 363 g/mol. The van der Waals surface area contributed by atoms with Crippen LogP contribution >= 0.6 is 31.9 Å². The third kappa shape index (κ3) is 4.32. The number of hydrogen-bond acceptors (Lipinski definition) is 2. The molecule has 0 radical (unpaired) electrons. The number of methoxy groups -OCH3 is 1. The first-order valence-electron chi connectivity index (χ1n) is 5.34. The summed E-state index contributed by atoms with van der Waals surface area (Å²) in [5.41, 5.74) is 0.583.